The highest BCUT2D eigenvalue weighted by Gasteiger charge is 2.13. The number of aromatic nitrogens is 5. The molecule has 1 aromatic carbocycles. The molecule has 0 spiro atoms. The van der Waals surface area contributed by atoms with Gasteiger partial charge in [-0.05, 0) is 47.7 Å². The molecular weight excluding hydrogens is 304 g/mol. The number of carbonyl (C=O) groups is 1. The highest BCUT2D eigenvalue weighted by atomic mass is 35.5. The van der Waals surface area contributed by atoms with Gasteiger partial charge >= 0.3 is 0 Å². The Morgan fingerprint density at radius 3 is 2.86 bits per heavy atom. The molecule has 110 valence electrons. The van der Waals surface area contributed by atoms with Gasteiger partial charge in [0.05, 0.1) is 16.3 Å². The molecule has 0 fully saturated rings. The summed E-state index contributed by atoms with van der Waals surface area (Å²) in [6.45, 7) is 1.85. The Morgan fingerprint density at radius 1 is 1.27 bits per heavy atom. The lowest BCUT2D eigenvalue weighted by Crippen LogP contribution is -2.14. The molecule has 0 aliphatic rings. The molecule has 1 N–H and O–H groups in total. The first-order chi connectivity index (χ1) is 10.6. The zero-order chi connectivity index (χ0) is 15.5. The quantitative estimate of drug-likeness (QED) is 0.801. The molecule has 0 saturated carbocycles. The molecule has 1 amide bonds. The number of hydrogen-bond acceptors (Lipinski definition) is 5. The van der Waals surface area contributed by atoms with Gasteiger partial charge in [-0.15, -0.1) is 5.10 Å². The third-order valence-corrected chi connectivity index (χ3v) is 3.27. The summed E-state index contributed by atoms with van der Waals surface area (Å²) in [5.41, 5.74) is 1.76. The van der Waals surface area contributed by atoms with Gasteiger partial charge in [0.15, 0.2) is 0 Å². The minimum Gasteiger partial charge on any atom is -0.307 e. The van der Waals surface area contributed by atoms with Crippen LogP contribution < -0.4 is 5.32 Å². The van der Waals surface area contributed by atoms with E-state index in [1.54, 1.807) is 24.3 Å². The van der Waals surface area contributed by atoms with Crippen LogP contribution in [-0.2, 0) is 0 Å². The molecule has 0 aliphatic heterocycles. The van der Waals surface area contributed by atoms with Crippen molar-refractivity contribution in [1.82, 2.24) is 25.2 Å². The van der Waals surface area contributed by atoms with Crippen LogP contribution >= 0.6 is 11.6 Å². The summed E-state index contributed by atoms with van der Waals surface area (Å²) in [5, 5.41) is 14.0. The fourth-order valence-corrected chi connectivity index (χ4v) is 2.11. The van der Waals surface area contributed by atoms with Gasteiger partial charge < -0.3 is 5.32 Å². The van der Waals surface area contributed by atoms with Crippen molar-refractivity contribution >= 4 is 23.3 Å². The van der Waals surface area contributed by atoms with Crippen LogP contribution in [0, 0.1) is 6.92 Å². The van der Waals surface area contributed by atoms with Gasteiger partial charge in [0, 0.05) is 5.69 Å². The summed E-state index contributed by atoms with van der Waals surface area (Å²) in [7, 11) is 0. The van der Waals surface area contributed by atoms with Crippen molar-refractivity contribution in [3.05, 3.63) is 59.0 Å². The summed E-state index contributed by atoms with van der Waals surface area (Å²) in [6.07, 6.45) is 1.44. The Hall–Kier alpha value is -2.80. The van der Waals surface area contributed by atoms with Gasteiger partial charge in [-0.3, -0.25) is 4.79 Å². The molecule has 7 nitrogen and oxygen atoms in total. The van der Waals surface area contributed by atoms with Crippen molar-refractivity contribution in [2.75, 3.05) is 5.32 Å². The summed E-state index contributed by atoms with van der Waals surface area (Å²) in [5.74, 6) is 0.118. The van der Waals surface area contributed by atoms with E-state index in [-0.39, 0.29) is 5.91 Å². The molecule has 2 aromatic heterocycles. The number of halogens is 1. The predicted molar refractivity (Wildman–Crippen MR) is 81.1 cm³/mol. The van der Waals surface area contributed by atoms with Gasteiger partial charge in [-0.25, -0.2) is 9.67 Å². The van der Waals surface area contributed by atoms with Crippen LogP contribution in [0.2, 0.25) is 5.02 Å². The Balaban J connectivity index is 1.90. The maximum Gasteiger partial charge on any atom is 0.258 e. The molecule has 2 heterocycles. The number of rotatable bonds is 3. The third kappa shape index (κ3) is 2.94. The van der Waals surface area contributed by atoms with Crippen molar-refractivity contribution < 1.29 is 4.79 Å². The summed E-state index contributed by atoms with van der Waals surface area (Å²) in [6, 6.07) is 10.3. The molecule has 8 heteroatoms. The van der Waals surface area contributed by atoms with Crippen molar-refractivity contribution in [3.8, 4) is 5.69 Å². The first kappa shape index (κ1) is 14.2. The second-order valence-corrected chi connectivity index (χ2v) is 4.94. The van der Waals surface area contributed by atoms with Gasteiger partial charge in [0.2, 0.25) is 0 Å². The van der Waals surface area contributed by atoms with E-state index in [0.29, 0.717) is 22.1 Å². The third-order valence-electron chi connectivity index (χ3n) is 2.94. The topological polar surface area (TPSA) is 85.6 Å². The van der Waals surface area contributed by atoms with E-state index in [9.17, 15) is 4.79 Å². The summed E-state index contributed by atoms with van der Waals surface area (Å²) < 4.78 is 1.44. The van der Waals surface area contributed by atoms with Crippen LogP contribution in [0.5, 0.6) is 0 Å². The molecule has 0 unspecified atom stereocenters. The Bertz CT molecular complexity index is 818. The molecule has 0 bridgehead atoms. The summed E-state index contributed by atoms with van der Waals surface area (Å²) in [4.78, 5) is 16.6. The maximum absolute atomic E-state index is 12.4. The van der Waals surface area contributed by atoms with E-state index in [0.717, 1.165) is 5.69 Å². The number of carbonyl (C=O) groups excluding carboxylic acids is 1. The maximum atomic E-state index is 12.4. The Labute approximate surface area is 130 Å². The molecule has 0 radical (unpaired) electrons. The smallest absolute Gasteiger partial charge is 0.258 e. The van der Waals surface area contributed by atoms with Crippen LogP contribution in [-0.4, -0.2) is 31.1 Å². The van der Waals surface area contributed by atoms with Gasteiger partial charge in [0.25, 0.3) is 5.91 Å². The lowest BCUT2D eigenvalue weighted by atomic mass is 10.2. The van der Waals surface area contributed by atoms with E-state index in [1.807, 2.05) is 19.1 Å². The first-order valence-corrected chi connectivity index (χ1v) is 6.79. The number of pyridine rings is 1. The number of tetrazole rings is 1. The fourth-order valence-electron chi connectivity index (χ4n) is 1.91. The Morgan fingerprint density at radius 2 is 2.14 bits per heavy atom. The van der Waals surface area contributed by atoms with E-state index in [2.05, 4.69) is 25.8 Å². The van der Waals surface area contributed by atoms with Crippen molar-refractivity contribution in [3.63, 3.8) is 0 Å². The van der Waals surface area contributed by atoms with Gasteiger partial charge in [-0.1, -0.05) is 17.7 Å². The SMILES string of the molecule is Cc1cccc(NC(=O)c2cc(-n3cnnn3)ccc2Cl)n1. The molecule has 0 saturated heterocycles. The lowest BCUT2D eigenvalue weighted by molar-refractivity contribution is 0.102. The minimum absolute atomic E-state index is 0.318. The van der Waals surface area contributed by atoms with Crippen molar-refractivity contribution in [2.45, 2.75) is 6.92 Å². The van der Waals surface area contributed by atoms with Gasteiger partial charge in [0.1, 0.15) is 12.1 Å². The second kappa shape index (κ2) is 5.90. The van der Waals surface area contributed by atoms with E-state index in [1.165, 1.54) is 11.0 Å². The van der Waals surface area contributed by atoms with Crippen LogP contribution in [0.1, 0.15) is 16.1 Å². The summed E-state index contributed by atoms with van der Waals surface area (Å²) >= 11 is 6.11. The fraction of sp³-hybridized carbons (Fsp3) is 0.0714. The first-order valence-electron chi connectivity index (χ1n) is 6.41. The number of nitrogens with zero attached hydrogens (tertiary/aromatic N) is 5. The average molecular weight is 315 g/mol. The zero-order valence-electron chi connectivity index (χ0n) is 11.6. The highest BCUT2D eigenvalue weighted by molar-refractivity contribution is 6.34. The van der Waals surface area contributed by atoms with Crippen LogP contribution in [0.15, 0.2) is 42.7 Å². The number of hydrogen-bond donors (Lipinski definition) is 1. The number of amides is 1. The molecule has 3 rings (SSSR count). The number of aryl methyl sites for hydroxylation is 1. The standard InChI is InChI=1S/C14H11ClN6O/c1-9-3-2-4-13(17-9)18-14(22)11-7-10(5-6-12(11)15)21-8-16-19-20-21/h2-8H,1H3,(H,17,18,22). The van der Waals surface area contributed by atoms with E-state index in [4.69, 9.17) is 11.6 Å². The Kier molecular flexibility index (Phi) is 3.80. The van der Waals surface area contributed by atoms with E-state index >= 15 is 0 Å². The normalized spacial score (nSPS) is 10.5. The van der Waals surface area contributed by atoms with Crippen molar-refractivity contribution in [1.29, 1.82) is 0 Å². The molecule has 22 heavy (non-hydrogen) atoms. The molecule has 3 aromatic rings. The number of benzene rings is 1. The number of nitrogens with one attached hydrogen (secondary N) is 1. The second-order valence-electron chi connectivity index (χ2n) is 4.54. The largest absolute Gasteiger partial charge is 0.307 e. The average Bonchev–Trinajstić information content (AvgIpc) is 3.02. The van der Waals surface area contributed by atoms with Gasteiger partial charge in [-0.2, -0.15) is 0 Å². The lowest BCUT2D eigenvalue weighted by Gasteiger charge is -2.08. The van der Waals surface area contributed by atoms with Crippen LogP contribution in [0.3, 0.4) is 0 Å². The predicted octanol–water partition coefficient (Wildman–Crippen LogP) is 2.27. The number of anilines is 1. The van der Waals surface area contributed by atoms with Crippen LogP contribution in [0.4, 0.5) is 5.82 Å². The molecule has 0 atom stereocenters. The highest BCUT2D eigenvalue weighted by Crippen LogP contribution is 2.20. The zero-order valence-corrected chi connectivity index (χ0v) is 12.3. The van der Waals surface area contributed by atoms with E-state index < -0.39 is 0 Å². The molecule has 0 aliphatic carbocycles. The monoisotopic (exact) mass is 314 g/mol. The van der Waals surface area contributed by atoms with Crippen molar-refractivity contribution in [2.24, 2.45) is 0 Å². The molecular formula is C14H11ClN6O. The van der Waals surface area contributed by atoms with Crippen LogP contribution in [0.25, 0.3) is 5.69 Å². The minimum atomic E-state index is -0.349.